The van der Waals surface area contributed by atoms with Crippen LogP contribution in [0, 0.1) is 6.92 Å². The van der Waals surface area contributed by atoms with Gasteiger partial charge in [0.05, 0.1) is 0 Å². The van der Waals surface area contributed by atoms with E-state index in [0.29, 0.717) is 0 Å². The van der Waals surface area contributed by atoms with Crippen molar-refractivity contribution >= 4 is 10.9 Å². The number of hydrogen-bond donors (Lipinski definition) is 0. The van der Waals surface area contributed by atoms with Crippen LogP contribution in [0.3, 0.4) is 0 Å². The quantitative estimate of drug-likeness (QED) is 0.595. The smallest absolute Gasteiger partial charge is 0.234 e. The highest BCUT2D eigenvalue weighted by molar-refractivity contribution is 5.89. The Morgan fingerprint density at radius 2 is 1.65 bits per heavy atom. The van der Waals surface area contributed by atoms with Crippen molar-refractivity contribution in [3.63, 3.8) is 0 Å². The fourth-order valence-corrected chi connectivity index (χ4v) is 2.49. The van der Waals surface area contributed by atoms with Gasteiger partial charge >= 0.3 is 0 Å². The van der Waals surface area contributed by atoms with Crippen LogP contribution in [0.2, 0.25) is 0 Å². The number of fused-ring (bicyclic) bond motifs is 1. The minimum Gasteiger partial charge on any atom is -0.234 e. The molecule has 1 aromatic heterocycles. The Labute approximate surface area is 119 Å². The zero-order chi connectivity index (χ0) is 14.3. The molecule has 0 amide bonds. The molecule has 0 saturated heterocycles. The van der Waals surface area contributed by atoms with Gasteiger partial charge in [0.25, 0.3) is 5.52 Å². The molecule has 0 atom stereocenters. The van der Waals surface area contributed by atoms with E-state index < -0.39 is 0 Å². The van der Waals surface area contributed by atoms with E-state index in [1.54, 1.807) is 0 Å². The summed E-state index contributed by atoms with van der Waals surface area (Å²) in [5, 5.41) is 1.16. The van der Waals surface area contributed by atoms with Crippen molar-refractivity contribution in [2.45, 2.75) is 33.2 Å². The van der Waals surface area contributed by atoms with Crippen molar-refractivity contribution in [1.29, 1.82) is 0 Å². The summed E-state index contributed by atoms with van der Waals surface area (Å²) < 4.78 is 8.20. The van der Waals surface area contributed by atoms with Crippen LogP contribution in [0.4, 0.5) is 0 Å². The predicted molar refractivity (Wildman–Crippen MR) is 81.6 cm³/mol. The number of rotatable bonds is 1. The standard InChI is InChI=1S/C18H20NO/c1-13-10-11-15-16(12-13)19(18(2,3)4)20-17(15)14-8-6-5-7-9-14/h5-12H,1-4H3/q+1. The first kappa shape index (κ1) is 12.9. The van der Waals surface area contributed by atoms with E-state index in [1.165, 1.54) is 5.56 Å². The lowest BCUT2D eigenvalue weighted by Gasteiger charge is -2.07. The summed E-state index contributed by atoms with van der Waals surface area (Å²) in [6.45, 7) is 8.59. The molecular weight excluding hydrogens is 246 g/mol. The van der Waals surface area contributed by atoms with Gasteiger partial charge in [0.15, 0.2) is 0 Å². The molecule has 2 heteroatoms. The minimum absolute atomic E-state index is 0.0843. The van der Waals surface area contributed by atoms with Gasteiger partial charge in [-0.15, -0.1) is 0 Å². The Hall–Kier alpha value is -2.09. The second-order valence-electron chi connectivity index (χ2n) is 6.27. The maximum absolute atomic E-state index is 6.19. The van der Waals surface area contributed by atoms with Crippen LogP contribution < -0.4 is 4.74 Å². The fourth-order valence-electron chi connectivity index (χ4n) is 2.49. The van der Waals surface area contributed by atoms with Crippen LogP contribution in [0.15, 0.2) is 53.1 Å². The second kappa shape index (κ2) is 4.48. The Kier molecular flexibility index (Phi) is 2.89. The summed E-state index contributed by atoms with van der Waals surface area (Å²) >= 11 is 0. The number of benzene rings is 2. The number of aromatic nitrogens is 1. The van der Waals surface area contributed by atoms with Gasteiger partial charge in [0.1, 0.15) is 5.39 Å². The van der Waals surface area contributed by atoms with E-state index >= 15 is 0 Å². The normalized spacial score (nSPS) is 12.0. The van der Waals surface area contributed by atoms with Crippen molar-refractivity contribution in [2.24, 2.45) is 0 Å². The van der Waals surface area contributed by atoms with Gasteiger partial charge in [0.2, 0.25) is 11.3 Å². The predicted octanol–water partition coefficient (Wildman–Crippen LogP) is 4.45. The highest BCUT2D eigenvalue weighted by atomic mass is 16.5. The molecule has 0 aliphatic rings. The molecule has 0 bridgehead atoms. The third-order valence-electron chi connectivity index (χ3n) is 3.44. The molecule has 0 radical (unpaired) electrons. The van der Waals surface area contributed by atoms with Crippen LogP contribution >= 0.6 is 0 Å². The zero-order valence-electron chi connectivity index (χ0n) is 12.5. The van der Waals surface area contributed by atoms with Crippen molar-refractivity contribution in [2.75, 3.05) is 0 Å². The summed E-state index contributed by atoms with van der Waals surface area (Å²) in [7, 11) is 0. The van der Waals surface area contributed by atoms with E-state index in [0.717, 1.165) is 22.2 Å². The van der Waals surface area contributed by atoms with Crippen molar-refractivity contribution in [3.8, 4) is 11.3 Å². The van der Waals surface area contributed by atoms with Gasteiger partial charge < -0.3 is 0 Å². The highest BCUT2D eigenvalue weighted by Crippen LogP contribution is 2.29. The summed E-state index contributed by atoms with van der Waals surface area (Å²) in [6, 6.07) is 16.8. The van der Waals surface area contributed by atoms with E-state index in [1.807, 2.05) is 22.9 Å². The van der Waals surface area contributed by atoms with Gasteiger partial charge in [-0.25, -0.2) is 4.52 Å². The lowest BCUT2D eigenvalue weighted by atomic mass is 10.1. The van der Waals surface area contributed by atoms with E-state index in [9.17, 15) is 0 Å². The van der Waals surface area contributed by atoms with Gasteiger partial charge in [-0.1, -0.05) is 36.4 Å². The van der Waals surface area contributed by atoms with Gasteiger partial charge in [-0.05, 0) is 23.3 Å². The third kappa shape index (κ3) is 2.11. The molecule has 0 N–H and O–H groups in total. The molecule has 0 spiro atoms. The Morgan fingerprint density at radius 3 is 2.30 bits per heavy atom. The molecule has 0 saturated carbocycles. The highest BCUT2D eigenvalue weighted by Gasteiger charge is 2.32. The van der Waals surface area contributed by atoms with Gasteiger partial charge in [-0.3, -0.25) is 0 Å². The minimum atomic E-state index is -0.0843. The first-order valence-corrected chi connectivity index (χ1v) is 6.98. The molecule has 102 valence electrons. The van der Waals surface area contributed by atoms with E-state index in [2.05, 4.69) is 58.0 Å². The molecule has 1 heterocycles. The van der Waals surface area contributed by atoms with Crippen LogP contribution in [-0.2, 0) is 5.54 Å². The van der Waals surface area contributed by atoms with Crippen LogP contribution in [0.25, 0.3) is 22.2 Å². The Bertz CT molecular complexity index is 748. The van der Waals surface area contributed by atoms with Crippen molar-refractivity contribution in [3.05, 3.63) is 54.1 Å². The summed E-state index contributed by atoms with van der Waals surface area (Å²) in [4.78, 5) is 0. The summed E-state index contributed by atoms with van der Waals surface area (Å²) in [6.07, 6.45) is 0. The van der Waals surface area contributed by atoms with Gasteiger partial charge in [0, 0.05) is 32.4 Å². The lowest BCUT2D eigenvalue weighted by Crippen LogP contribution is -2.48. The first-order valence-electron chi connectivity index (χ1n) is 6.98. The zero-order valence-corrected chi connectivity index (χ0v) is 12.5. The molecular formula is C18H20NO+. The SMILES string of the molecule is Cc1ccc2c(-c3ccccc3)o[n+](C(C)(C)C)c2c1. The van der Waals surface area contributed by atoms with E-state index in [-0.39, 0.29) is 5.54 Å². The van der Waals surface area contributed by atoms with Gasteiger partial charge in [-0.2, -0.15) is 0 Å². The number of aryl methyl sites for hydroxylation is 1. The monoisotopic (exact) mass is 266 g/mol. The Balaban J connectivity index is 2.35. The number of hydrogen-bond acceptors (Lipinski definition) is 1. The molecule has 0 aliphatic heterocycles. The molecule has 0 unspecified atom stereocenters. The van der Waals surface area contributed by atoms with E-state index in [4.69, 9.17) is 4.52 Å². The summed E-state index contributed by atoms with van der Waals surface area (Å²) in [5.74, 6) is 0.940. The molecule has 20 heavy (non-hydrogen) atoms. The van der Waals surface area contributed by atoms with Crippen LogP contribution in [0.1, 0.15) is 26.3 Å². The largest absolute Gasteiger partial charge is 0.263 e. The topological polar surface area (TPSA) is 17.0 Å². The third-order valence-corrected chi connectivity index (χ3v) is 3.44. The second-order valence-corrected chi connectivity index (χ2v) is 6.27. The Morgan fingerprint density at radius 1 is 0.950 bits per heavy atom. The maximum Gasteiger partial charge on any atom is 0.263 e. The average Bonchev–Trinajstić information content (AvgIpc) is 2.78. The van der Waals surface area contributed by atoms with Crippen LogP contribution in [-0.4, -0.2) is 0 Å². The fraction of sp³-hybridized carbons (Fsp3) is 0.278. The molecule has 0 fully saturated rings. The summed E-state index contributed by atoms with van der Waals surface area (Å²) in [5.41, 5.74) is 3.43. The molecule has 3 aromatic rings. The molecule has 2 aromatic carbocycles. The molecule has 0 aliphatic carbocycles. The average molecular weight is 266 g/mol. The maximum atomic E-state index is 6.19. The number of nitrogens with zero attached hydrogens (tertiary/aromatic N) is 1. The van der Waals surface area contributed by atoms with Crippen LogP contribution in [0.5, 0.6) is 0 Å². The van der Waals surface area contributed by atoms with Crippen molar-refractivity contribution < 1.29 is 9.26 Å². The lowest BCUT2D eigenvalue weighted by molar-refractivity contribution is -0.886. The molecule has 2 nitrogen and oxygen atoms in total. The molecule has 3 rings (SSSR count). The van der Waals surface area contributed by atoms with Crippen molar-refractivity contribution in [1.82, 2.24) is 0 Å². The first-order chi connectivity index (χ1) is 9.47.